The first-order chi connectivity index (χ1) is 7.36. The molecule has 0 radical (unpaired) electrons. The first-order valence-corrected chi connectivity index (χ1v) is 5.23. The first kappa shape index (κ1) is 10.0. The van der Waals surface area contributed by atoms with E-state index in [-0.39, 0.29) is 0 Å². The van der Waals surface area contributed by atoms with Gasteiger partial charge in [0.25, 0.3) is 0 Å². The Morgan fingerprint density at radius 1 is 1.20 bits per heavy atom. The minimum Gasteiger partial charge on any atom is -0.260 e. The lowest BCUT2D eigenvalue weighted by Crippen LogP contribution is -1.87. The molecule has 1 aromatic carbocycles. The van der Waals surface area contributed by atoms with Gasteiger partial charge in [0.15, 0.2) is 0 Å². The lowest BCUT2D eigenvalue weighted by Gasteiger charge is -2.05. The monoisotopic (exact) mass is 213 g/mol. The third-order valence-electron chi connectivity index (χ3n) is 2.16. The molecule has 2 heteroatoms. The summed E-state index contributed by atoms with van der Waals surface area (Å²) in [5.41, 5.74) is 5.39. The molecule has 0 amide bonds. The second-order valence-corrected chi connectivity index (χ2v) is 3.71. The lowest BCUT2D eigenvalue weighted by atomic mass is 10.0. The molecule has 0 bridgehead atoms. The van der Waals surface area contributed by atoms with Crippen molar-refractivity contribution in [2.45, 2.75) is 6.42 Å². The maximum atomic E-state index is 4.31. The number of benzene rings is 1. The minimum absolute atomic E-state index is 0.811. The van der Waals surface area contributed by atoms with Crippen molar-refractivity contribution in [2.75, 3.05) is 0 Å². The lowest BCUT2D eigenvalue weighted by molar-refractivity contribution is 1.44. The van der Waals surface area contributed by atoms with E-state index in [4.69, 9.17) is 0 Å². The zero-order valence-electron chi connectivity index (χ0n) is 8.22. The van der Waals surface area contributed by atoms with Crippen LogP contribution in [-0.4, -0.2) is 6.21 Å². The van der Waals surface area contributed by atoms with E-state index in [1.54, 1.807) is 6.20 Å². The SMILES string of the molecule is SC1=C=C/N=C\C/C(c2ccccc2)=C\1. The molecule has 0 N–H and O–H groups in total. The van der Waals surface area contributed by atoms with Gasteiger partial charge < -0.3 is 0 Å². The fourth-order valence-electron chi connectivity index (χ4n) is 1.43. The Hall–Kier alpha value is -1.50. The molecule has 0 fully saturated rings. The van der Waals surface area contributed by atoms with Crippen molar-refractivity contribution in [2.24, 2.45) is 4.99 Å². The number of allylic oxidation sites excluding steroid dienone is 2. The molecule has 1 heterocycles. The summed E-state index contributed by atoms with van der Waals surface area (Å²) >= 11 is 4.31. The van der Waals surface area contributed by atoms with Crippen LogP contribution >= 0.6 is 12.6 Å². The third-order valence-corrected chi connectivity index (χ3v) is 2.42. The summed E-state index contributed by atoms with van der Waals surface area (Å²) in [5.74, 6) is 0. The molecule has 1 aliphatic rings. The topological polar surface area (TPSA) is 12.4 Å². The van der Waals surface area contributed by atoms with Crippen LogP contribution in [0.5, 0.6) is 0 Å². The van der Waals surface area contributed by atoms with Gasteiger partial charge in [-0.05, 0) is 17.2 Å². The van der Waals surface area contributed by atoms with E-state index in [9.17, 15) is 0 Å². The van der Waals surface area contributed by atoms with E-state index >= 15 is 0 Å². The van der Waals surface area contributed by atoms with Crippen molar-refractivity contribution < 1.29 is 0 Å². The third kappa shape index (κ3) is 2.72. The van der Waals surface area contributed by atoms with E-state index in [1.807, 2.05) is 30.5 Å². The van der Waals surface area contributed by atoms with Crippen LogP contribution in [-0.2, 0) is 0 Å². The van der Waals surface area contributed by atoms with Gasteiger partial charge in [-0.25, -0.2) is 0 Å². The summed E-state index contributed by atoms with van der Waals surface area (Å²) in [5, 5.41) is 0. The summed E-state index contributed by atoms with van der Waals surface area (Å²) in [7, 11) is 0. The van der Waals surface area contributed by atoms with E-state index in [0.29, 0.717) is 0 Å². The Kier molecular flexibility index (Phi) is 3.23. The summed E-state index contributed by atoms with van der Waals surface area (Å²) < 4.78 is 0. The molecule has 1 aliphatic heterocycles. The zero-order valence-corrected chi connectivity index (χ0v) is 9.11. The average Bonchev–Trinajstić information content (AvgIpc) is 2.24. The minimum atomic E-state index is 0.811. The molecule has 15 heavy (non-hydrogen) atoms. The first-order valence-electron chi connectivity index (χ1n) is 4.78. The standard InChI is InChI=1S/C13H11NS/c15-13-7-9-14-8-6-12(10-13)11-4-2-1-3-5-11/h1-5,8-10,15H,6H2/b12-10+,14-8-. The van der Waals surface area contributed by atoms with Crippen molar-refractivity contribution >= 4 is 24.4 Å². The Morgan fingerprint density at radius 3 is 2.80 bits per heavy atom. The summed E-state index contributed by atoms with van der Waals surface area (Å²) in [4.78, 5) is 4.90. The number of aliphatic imine (C=N–C) groups is 1. The Bertz CT molecular complexity index is 463. The highest BCUT2D eigenvalue weighted by molar-refractivity contribution is 7.84. The van der Waals surface area contributed by atoms with Crippen LogP contribution in [0.1, 0.15) is 12.0 Å². The smallest absolute Gasteiger partial charge is 0.0694 e. The normalized spacial score (nSPS) is 20.9. The highest BCUT2D eigenvalue weighted by Gasteiger charge is 2.00. The van der Waals surface area contributed by atoms with Gasteiger partial charge in [-0.1, -0.05) is 36.1 Å². The second kappa shape index (κ2) is 4.83. The van der Waals surface area contributed by atoms with Gasteiger partial charge in [0.2, 0.25) is 0 Å². The quantitative estimate of drug-likeness (QED) is 0.542. The molecule has 0 saturated heterocycles. The van der Waals surface area contributed by atoms with Crippen molar-refractivity contribution in [1.29, 1.82) is 0 Å². The van der Waals surface area contributed by atoms with Gasteiger partial charge >= 0.3 is 0 Å². The second-order valence-electron chi connectivity index (χ2n) is 3.23. The van der Waals surface area contributed by atoms with Gasteiger partial charge in [0.1, 0.15) is 0 Å². The van der Waals surface area contributed by atoms with Gasteiger partial charge in [-0.2, -0.15) is 0 Å². The maximum absolute atomic E-state index is 4.31. The highest BCUT2D eigenvalue weighted by atomic mass is 32.1. The van der Waals surface area contributed by atoms with Crippen molar-refractivity contribution in [1.82, 2.24) is 0 Å². The molecule has 0 spiro atoms. The molecular weight excluding hydrogens is 202 g/mol. The van der Waals surface area contributed by atoms with E-state index in [2.05, 4.69) is 35.5 Å². The van der Waals surface area contributed by atoms with Crippen LogP contribution in [0.2, 0.25) is 0 Å². The van der Waals surface area contributed by atoms with Crippen LogP contribution in [0.3, 0.4) is 0 Å². The van der Waals surface area contributed by atoms with E-state index in [1.165, 1.54) is 11.1 Å². The van der Waals surface area contributed by atoms with Gasteiger partial charge in [0.05, 0.1) is 6.20 Å². The summed E-state index contributed by atoms with van der Waals surface area (Å²) in [6, 6.07) is 10.3. The molecule has 2 rings (SSSR count). The molecule has 0 saturated carbocycles. The summed E-state index contributed by atoms with van der Waals surface area (Å²) in [6.07, 6.45) is 6.37. The Labute approximate surface area is 95.0 Å². The molecule has 1 aromatic rings. The average molecular weight is 213 g/mol. The maximum Gasteiger partial charge on any atom is 0.0694 e. The van der Waals surface area contributed by atoms with Crippen LogP contribution in [0, 0.1) is 0 Å². The number of nitrogens with zero attached hydrogens (tertiary/aromatic N) is 1. The van der Waals surface area contributed by atoms with E-state index in [0.717, 1.165) is 11.3 Å². The zero-order chi connectivity index (χ0) is 10.5. The molecule has 0 unspecified atom stereocenters. The molecule has 0 aromatic heterocycles. The van der Waals surface area contributed by atoms with Crippen LogP contribution < -0.4 is 0 Å². The predicted octanol–water partition coefficient (Wildman–Crippen LogP) is 3.47. The number of hydrogen-bond acceptors (Lipinski definition) is 2. The number of hydrogen-bond donors (Lipinski definition) is 1. The summed E-state index contributed by atoms with van der Waals surface area (Å²) in [6.45, 7) is 0. The fourth-order valence-corrected chi connectivity index (χ4v) is 1.64. The Balaban J connectivity index is 2.42. The predicted molar refractivity (Wildman–Crippen MR) is 68.1 cm³/mol. The fraction of sp³-hybridized carbons (Fsp3) is 0.0769. The number of rotatable bonds is 1. The van der Waals surface area contributed by atoms with Crippen LogP contribution in [0.25, 0.3) is 5.57 Å². The van der Waals surface area contributed by atoms with Crippen LogP contribution in [0.4, 0.5) is 0 Å². The number of thiol groups is 1. The molecular formula is C13H11NS. The van der Waals surface area contributed by atoms with E-state index < -0.39 is 0 Å². The van der Waals surface area contributed by atoms with Gasteiger partial charge in [-0.15, -0.1) is 12.6 Å². The van der Waals surface area contributed by atoms with Gasteiger partial charge in [-0.3, -0.25) is 4.99 Å². The van der Waals surface area contributed by atoms with Crippen molar-refractivity contribution in [3.63, 3.8) is 0 Å². The molecule has 74 valence electrons. The molecule has 0 atom stereocenters. The van der Waals surface area contributed by atoms with Gasteiger partial charge in [0, 0.05) is 17.5 Å². The largest absolute Gasteiger partial charge is 0.260 e. The van der Waals surface area contributed by atoms with Crippen LogP contribution in [0.15, 0.2) is 58.2 Å². The molecule has 1 nitrogen and oxygen atoms in total. The highest BCUT2D eigenvalue weighted by Crippen LogP contribution is 2.20. The Morgan fingerprint density at radius 2 is 2.00 bits per heavy atom. The van der Waals surface area contributed by atoms with Crippen molar-refractivity contribution in [3.05, 3.63) is 58.8 Å². The molecule has 0 aliphatic carbocycles. The van der Waals surface area contributed by atoms with Crippen molar-refractivity contribution in [3.8, 4) is 0 Å².